The van der Waals surface area contributed by atoms with Crippen LogP contribution in [-0.4, -0.2) is 66.7 Å². The molecule has 2 aliphatic heterocycles. The van der Waals surface area contributed by atoms with Gasteiger partial charge in [-0.3, -0.25) is 9.69 Å². The van der Waals surface area contributed by atoms with Crippen molar-refractivity contribution in [3.63, 3.8) is 0 Å². The lowest BCUT2D eigenvalue weighted by Gasteiger charge is -2.36. The summed E-state index contributed by atoms with van der Waals surface area (Å²) in [6.07, 6.45) is 2.34. The van der Waals surface area contributed by atoms with Gasteiger partial charge in [-0.1, -0.05) is 18.2 Å². The van der Waals surface area contributed by atoms with Gasteiger partial charge >= 0.3 is 6.09 Å². The minimum atomic E-state index is -0.467. The summed E-state index contributed by atoms with van der Waals surface area (Å²) in [7, 11) is 0. The van der Waals surface area contributed by atoms with E-state index in [0.717, 1.165) is 44.7 Å². The normalized spacial score (nSPS) is 18.2. The Kier molecular flexibility index (Phi) is 6.05. The van der Waals surface area contributed by atoms with E-state index in [0.29, 0.717) is 19.5 Å². The largest absolute Gasteiger partial charge is 0.444 e. The lowest BCUT2D eigenvalue weighted by Crippen LogP contribution is -2.50. The van der Waals surface area contributed by atoms with Gasteiger partial charge in [0, 0.05) is 51.4 Å². The Hall–Kier alpha value is -2.08. The van der Waals surface area contributed by atoms with Crippen LogP contribution in [0.2, 0.25) is 0 Å². The summed E-state index contributed by atoms with van der Waals surface area (Å²) in [5, 5.41) is 0. The van der Waals surface area contributed by atoms with E-state index < -0.39 is 5.60 Å². The zero-order valence-electron chi connectivity index (χ0n) is 16.7. The fourth-order valence-corrected chi connectivity index (χ4v) is 3.66. The maximum absolute atomic E-state index is 12.7. The molecular weight excluding hydrogens is 342 g/mol. The fourth-order valence-electron chi connectivity index (χ4n) is 3.66. The van der Waals surface area contributed by atoms with Gasteiger partial charge in [0.05, 0.1) is 0 Å². The number of carbonyl (C=O) groups is 2. The van der Waals surface area contributed by atoms with E-state index in [1.807, 2.05) is 43.9 Å². The molecule has 0 aliphatic carbocycles. The molecule has 1 saturated heterocycles. The highest BCUT2D eigenvalue weighted by Gasteiger charge is 2.27. The number of amides is 2. The molecule has 6 heteroatoms. The van der Waals surface area contributed by atoms with E-state index in [9.17, 15) is 9.59 Å². The molecule has 0 N–H and O–H groups in total. The number of hydrogen-bond donors (Lipinski definition) is 0. The Morgan fingerprint density at radius 2 is 1.74 bits per heavy atom. The number of para-hydroxylation sites is 1. The summed E-state index contributed by atoms with van der Waals surface area (Å²) in [5.41, 5.74) is 1.87. The summed E-state index contributed by atoms with van der Waals surface area (Å²) >= 11 is 0. The fraction of sp³-hybridized carbons (Fsp3) is 0.619. The Labute approximate surface area is 162 Å². The lowest BCUT2D eigenvalue weighted by molar-refractivity contribution is -0.119. The van der Waals surface area contributed by atoms with Crippen molar-refractivity contribution in [1.82, 2.24) is 9.80 Å². The quantitative estimate of drug-likeness (QED) is 0.818. The second-order valence-electron chi connectivity index (χ2n) is 8.34. The molecule has 0 radical (unpaired) electrons. The average Bonchev–Trinajstić information content (AvgIpc) is 2.64. The number of fused-ring (bicyclic) bond motifs is 1. The lowest BCUT2D eigenvalue weighted by atomic mass is 10.0. The van der Waals surface area contributed by atoms with Crippen LogP contribution >= 0.6 is 0 Å². The maximum Gasteiger partial charge on any atom is 0.410 e. The molecule has 3 rings (SSSR count). The monoisotopic (exact) mass is 373 g/mol. The zero-order valence-corrected chi connectivity index (χ0v) is 16.7. The number of benzene rings is 1. The first-order valence-electron chi connectivity index (χ1n) is 9.92. The van der Waals surface area contributed by atoms with Crippen LogP contribution in [0.3, 0.4) is 0 Å². The first-order valence-corrected chi connectivity index (χ1v) is 9.92. The van der Waals surface area contributed by atoms with Crippen LogP contribution in [0.4, 0.5) is 10.5 Å². The third-order valence-electron chi connectivity index (χ3n) is 5.08. The number of hydrogen-bond acceptors (Lipinski definition) is 4. The van der Waals surface area contributed by atoms with Crippen LogP contribution in [0.15, 0.2) is 24.3 Å². The van der Waals surface area contributed by atoms with Gasteiger partial charge in [-0.2, -0.15) is 0 Å². The van der Waals surface area contributed by atoms with E-state index in [2.05, 4.69) is 11.0 Å². The van der Waals surface area contributed by atoms with Crippen LogP contribution in [0.25, 0.3) is 0 Å². The molecular formula is C21H31N3O3. The Morgan fingerprint density at radius 1 is 1.04 bits per heavy atom. The second-order valence-corrected chi connectivity index (χ2v) is 8.34. The van der Waals surface area contributed by atoms with Gasteiger partial charge in [0.2, 0.25) is 5.91 Å². The predicted octanol–water partition coefficient (Wildman–Crippen LogP) is 2.91. The summed E-state index contributed by atoms with van der Waals surface area (Å²) in [5.74, 6) is 0.191. The average molecular weight is 373 g/mol. The summed E-state index contributed by atoms with van der Waals surface area (Å²) in [6.45, 7) is 10.0. The molecule has 2 amide bonds. The third kappa shape index (κ3) is 5.22. The minimum Gasteiger partial charge on any atom is -0.444 e. The molecule has 1 aromatic rings. The van der Waals surface area contributed by atoms with Gasteiger partial charge in [-0.15, -0.1) is 0 Å². The maximum atomic E-state index is 12.7. The molecule has 1 fully saturated rings. The summed E-state index contributed by atoms with van der Waals surface area (Å²) in [6, 6.07) is 8.20. The molecule has 0 spiro atoms. The van der Waals surface area contributed by atoms with E-state index >= 15 is 0 Å². The Bertz CT molecular complexity index is 675. The van der Waals surface area contributed by atoms with Crippen LogP contribution < -0.4 is 4.90 Å². The highest BCUT2D eigenvalue weighted by atomic mass is 16.6. The Morgan fingerprint density at radius 3 is 2.44 bits per heavy atom. The number of anilines is 1. The van der Waals surface area contributed by atoms with Gasteiger partial charge < -0.3 is 14.5 Å². The summed E-state index contributed by atoms with van der Waals surface area (Å²) < 4.78 is 5.43. The van der Waals surface area contributed by atoms with Crippen molar-refractivity contribution in [2.24, 2.45) is 0 Å². The number of rotatable bonds is 3. The molecule has 0 bridgehead atoms. The van der Waals surface area contributed by atoms with Crippen LogP contribution in [-0.2, 0) is 16.0 Å². The number of piperazine rings is 1. The van der Waals surface area contributed by atoms with Crippen molar-refractivity contribution in [2.75, 3.05) is 44.2 Å². The standard InChI is InChI=1S/C21H31N3O3/c1-21(2,3)27-20(26)23-15-13-22(14-16-23)12-10-19(25)24-11-6-8-17-7-4-5-9-18(17)24/h4-5,7,9H,6,8,10-16H2,1-3H3. The second kappa shape index (κ2) is 8.30. The van der Waals surface area contributed by atoms with E-state index in [-0.39, 0.29) is 12.0 Å². The SMILES string of the molecule is CC(C)(C)OC(=O)N1CCN(CCC(=O)N2CCCc3ccccc32)CC1. The van der Waals surface area contributed by atoms with E-state index in [1.165, 1.54) is 5.56 Å². The number of ether oxygens (including phenoxy) is 1. The van der Waals surface area contributed by atoms with Gasteiger partial charge in [0.1, 0.15) is 5.60 Å². The predicted molar refractivity (Wildman–Crippen MR) is 106 cm³/mol. The van der Waals surface area contributed by atoms with Crippen molar-refractivity contribution in [1.29, 1.82) is 0 Å². The highest BCUT2D eigenvalue weighted by molar-refractivity contribution is 5.94. The van der Waals surface area contributed by atoms with Crippen LogP contribution in [0, 0.1) is 0 Å². The van der Waals surface area contributed by atoms with E-state index in [4.69, 9.17) is 4.74 Å². The van der Waals surface area contributed by atoms with Crippen molar-refractivity contribution in [2.45, 2.75) is 45.6 Å². The summed E-state index contributed by atoms with van der Waals surface area (Å²) in [4.78, 5) is 30.8. The highest BCUT2D eigenvalue weighted by Crippen LogP contribution is 2.27. The smallest absolute Gasteiger partial charge is 0.410 e. The number of nitrogens with zero attached hydrogens (tertiary/aromatic N) is 3. The zero-order chi connectivity index (χ0) is 19.4. The van der Waals surface area contributed by atoms with Crippen molar-refractivity contribution < 1.29 is 14.3 Å². The van der Waals surface area contributed by atoms with Gasteiger partial charge in [-0.05, 0) is 45.2 Å². The van der Waals surface area contributed by atoms with Crippen molar-refractivity contribution >= 4 is 17.7 Å². The first kappa shape index (κ1) is 19.7. The molecule has 2 aliphatic rings. The Balaban J connectivity index is 1.46. The van der Waals surface area contributed by atoms with Crippen molar-refractivity contribution in [3.8, 4) is 0 Å². The van der Waals surface area contributed by atoms with Crippen LogP contribution in [0.1, 0.15) is 39.2 Å². The molecule has 0 aromatic heterocycles. The van der Waals surface area contributed by atoms with Gasteiger partial charge in [0.15, 0.2) is 0 Å². The molecule has 0 unspecified atom stereocenters. The molecule has 0 atom stereocenters. The van der Waals surface area contributed by atoms with Gasteiger partial charge in [0.25, 0.3) is 0 Å². The molecule has 1 aromatic carbocycles. The molecule has 2 heterocycles. The van der Waals surface area contributed by atoms with Crippen LogP contribution in [0.5, 0.6) is 0 Å². The molecule has 148 valence electrons. The molecule has 27 heavy (non-hydrogen) atoms. The topological polar surface area (TPSA) is 53.1 Å². The number of aryl methyl sites for hydroxylation is 1. The molecule has 0 saturated carbocycles. The van der Waals surface area contributed by atoms with Crippen molar-refractivity contribution in [3.05, 3.63) is 29.8 Å². The first-order chi connectivity index (χ1) is 12.8. The minimum absolute atomic E-state index is 0.191. The third-order valence-corrected chi connectivity index (χ3v) is 5.08. The number of carbonyl (C=O) groups excluding carboxylic acids is 2. The van der Waals surface area contributed by atoms with E-state index in [1.54, 1.807) is 4.90 Å². The van der Waals surface area contributed by atoms with Gasteiger partial charge in [-0.25, -0.2) is 4.79 Å². The molecule has 6 nitrogen and oxygen atoms in total.